The second kappa shape index (κ2) is 8.32. The molecule has 0 radical (unpaired) electrons. The van der Waals surface area contributed by atoms with Gasteiger partial charge in [-0.1, -0.05) is 48.0 Å². The van der Waals surface area contributed by atoms with Gasteiger partial charge < -0.3 is 9.67 Å². The third-order valence-corrected chi connectivity index (χ3v) is 6.44. The minimum Gasteiger partial charge on any atom is -0.392 e. The first-order valence-corrected chi connectivity index (χ1v) is 11.5. The summed E-state index contributed by atoms with van der Waals surface area (Å²) in [6, 6.07) is 23.9. The van der Waals surface area contributed by atoms with Gasteiger partial charge in [-0.15, -0.1) is 0 Å². The van der Waals surface area contributed by atoms with E-state index in [-0.39, 0.29) is 11.5 Å². The van der Waals surface area contributed by atoms with Crippen molar-refractivity contribution >= 4 is 21.6 Å². The highest BCUT2D eigenvalue weighted by atomic mass is 35.5. The van der Waals surface area contributed by atoms with Gasteiger partial charge in [-0.25, -0.2) is 13.6 Å². The average Bonchev–Trinajstić information content (AvgIpc) is 3.11. The summed E-state index contributed by atoms with van der Waals surface area (Å²) >= 11 is 6.08. The van der Waals surface area contributed by atoms with Crippen LogP contribution >= 0.6 is 11.6 Å². The van der Waals surface area contributed by atoms with Crippen LogP contribution in [0.15, 0.2) is 83.8 Å². The summed E-state index contributed by atoms with van der Waals surface area (Å²) in [5, 5.41) is 15.2. The smallest absolute Gasteiger partial charge is 0.238 e. The van der Waals surface area contributed by atoms with Gasteiger partial charge in [0.05, 0.1) is 17.2 Å². The first kappa shape index (κ1) is 21.3. The number of primary sulfonamides is 1. The van der Waals surface area contributed by atoms with Crippen molar-refractivity contribution in [3.63, 3.8) is 0 Å². The number of aromatic nitrogens is 1. The van der Waals surface area contributed by atoms with Gasteiger partial charge in [0.25, 0.3) is 0 Å². The van der Waals surface area contributed by atoms with E-state index in [1.165, 1.54) is 12.1 Å². The summed E-state index contributed by atoms with van der Waals surface area (Å²) in [7, 11) is -3.77. The SMILES string of the molecule is Cc1c(-c2ccc(CO)cc2)cc(-c2ccc(Cl)cc2)n1-c1ccc(S(N)(=O)=O)cc1. The third kappa shape index (κ3) is 4.29. The summed E-state index contributed by atoms with van der Waals surface area (Å²) in [6.45, 7) is 2.01. The van der Waals surface area contributed by atoms with Crippen LogP contribution in [0.3, 0.4) is 0 Å². The largest absolute Gasteiger partial charge is 0.392 e. The van der Waals surface area contributed by atoms with Gasteiger partial charge >= 0.3 is 0 Å². The first-order chi connectivity index (χ1) is 14.8. The zero-order valence-electron chi connectivity index (χ0n) is 16.8. The molecule has 0 aliphatic carbocycles. The molecule has 0 bridgehead atoms. The lowest BCUT2D eigenvalue weighted by molar-refractivity contribution is 0.282. The number of aliphatic hydroxyl groups excluding tert-OH is 1. The molecular weight excluding hydrogens is 432 g/mol. The Morgan fingerprint density at radius 1 is 0.903 bits per heavy atom. The Morgan fingerprint density at radius 2 is 1.48 bits per heavy atom. The summed E-state index contributed by atoms with van der Waals surface area (Å²) in [6.07, 6.45) is 0. The van der Waals surface area contributed by atoms with Crippen LogP contribution in [0.1, 0.15) is 11.3 Å². The normalized spacial score (nSPS) is 11.6. The summed E-state index contributed by atoms with van der Waals surface area (Å²) in [5.41, 5.74) is 6.62. The third-order valence-electron chi connectivity index (χ3n) is 5.26. The van der Waals surface area contributed by atoms with Crippen molar-refractivity contribution < 1.29 is 13.5 Å². The van der Waals surface area contributed by atoms with E-state index in [9.17, 15) is 13.5 Å². The Balaban J connectivity index is 1.91. The Hall–Kier alpha value is -2.90. The van der Waals surface area contributed by atoms with E-state index in [0.717, 1.165) is 39.3 Å². The molecule has 0 unspecified atom stereocenters. The molecule has 0 amide bonds. The van der Waals surface area contributed by atoms with Crippen LogP contribution in [0, 0.1) is 6.92 Å². The van der Waals surface area contributed by atoms with Gasteiger partial charge in [-0.3, -0.25) is 0 Å². The number of aliphatic hydroxyl groups is 1. The summed E-state index contributed by atoms with van der Waals surface area (Å²) < 4.78 is 25.4. The maximum Gasteiger partial charge on any atom is 0.238 e. The lowest BCUT2D eigenvalue weighted by atomic mass is 10.0. The lowest BCUT2D eigenvalue weighted by Crippen LogP contribution is -2.12. The predicted octanol–water partition coefficient (Wildman–Crippen LogP) is 4.91. The molecule has 0 aliphatic rings. The zero-order chi connectivity index (χ0) is 22.2. The molecule has 0 aliphatic heterocycles. The number of hydrogen-bond acceptors (Lipinski definition) is 3. The van der Waals surface area contributed by atoms with Gasteiger partial charge in [0.1, 0.15) is 0 Å². The molecule has 3 aromatic carbocycles. The minimum atomic E-state index is -3.77. The van der Waals surface area contributed by atoms with E-state index < -0.39 is 10.0 Å². The molecule has 0 fully saturated rings. The lowest BCUT2D eigenvalue weighted by Gasteiger charge is -2.13. The van der Waals surface area contributed by atoms with Gasteiger partial charge in [0.2, 0.25) is 10.0 Å². The quantitative estimate of drug-likeness (QED) is 0.451. The van der Waals surface area contributed by atoms with Crippen LogP contribution in [-0.2, 0) is 16.6 Å². The number of nitrogens with two attached hydrogens (primary N) is 1. The highest BCUT2D eigenvalue weighted by molar-refractivity contribution is 7.89. The fraction of sp³-hybridized carbons (Fsp3) is 0.0833. The summed E-state index contributed by atoms with van der Waals surface area (Å²) in [5.74, 6) is 0. The first-order valence-electron chi connectivity index (χ1n) is 9.59. The molecule has 0 spiro atoms. The average molecular weight is 453 g/mol. The Kier molecular flexibility index (Phi) is 5.73. The maximum atomic E-state index is 11.7. The van der Waals surface area contributed by atoms with Crippen LogP contribution in [0.25, 0.3) is 28.1 Å². The van der Waals surface area contributed by atoms with Gasteiger partial charge in [0.15, 0.2) is 0 Å². The van der Waals surface area contributed by atoms with E-state index in [0.29, 0.717) is 5.02 Å². The molecule has 3 N–H and O–H groups in total. The predicted molar refractivity (Wildman–Crippen MR) is 124 cm³/mol. The van der Waals surface area contributed by atoms with Gasteiger partial charge in [0, 0.05) is 22.0 Å². The topological polar surface area (TPSA) is 85.3 Å². The van der Waals surface area contributed by atoms with Crippen molar-refractivity contribution in [1.29, 1.82) is 0 Å². The van der Waals surface area contributed by atoms with Crippen molar-refractivity contribution in [1.82, 2.24) is 4.57 Å². The standard InChI is InChI=1S/C24H21ClN2O3S/c1-16-23(18-4-2-17(15-28)3-5-18)14-24(19-6-8-20(25)9-7-19)27(16)21-10-12-22(13-11-21)31(26,29)30/h2-14,28H,15H2,1H3,(H2,26,29,30). The molecule has 158 valence electrons. The number of halogens is 1. The number of sulfonamides is 1. The van der Waals surface area contributed by atoms with Gasteiger partial charge in [-0.05, 0) is 66.1 Å². The molecule has 4 rings (SSSR count). The van der Waals surface area contributed by atoms with Crippen molar-refractivity contribution in [3.05, 3.63) is 95.1 Å². The van der Waals surface area contributed by atoms with E-state index in [2.05, 4.69) is 10.6 Å². The fourth-order valence-corrected chi connectivity index (χ4v) is 4.28. The number of hydrogen-bond donors (Lipinski definition) is 2. The maximum absolute atomic E-state index is 11.7. The molecule has 0 saturated carbocycles. The molecule has 5 nitrogen and oxygen atoms in total. The Bertz CT molecular complexity index is 1330. The molecular formula is C24H21ClN2O3S. The molecule has 1 aromatic heterocycles. The summed E-state index contributed by atoms with van der Waals surface area (Å²) in [4.78, 5) is 0.0638. The zero-order valence-corrected chi connectivity index (χ0v) is 18.4. The van der Waals surface area contributed by atoms with E-state index in [1.54, 1.807) is 12.1 Å². The van der Waals surface area contributed by atoms with Crippen LogP contribution < -0.4 is 5.14 Å². The molecule has 0 atom stereocenters. The Labute approximate surface area is 186 Å². The Morgan fingerprint density at radius 3 is 2.03 bits per heavy atom. The molecule has 0 saturated heterocycles. The molecule has 7 heteroatoms. The van der Waals surface area contributed by atoms with Crippen LogP contribution in [-0.4, -0.2) is 18.1 Å². The number of rotatable bonds is 5. The van der Waals surface area contributed by atoms with E-state index in [1.807, 2.05) is 55.5 Å². The van der Waals surface area contributed by atoms with E-state index >= 15 is 0 Å². The number of nitrogens with zero attached hydrogens (tertiary/aromatic N) is 1. The monoisotopic (exact) mass is 452 g/mol. The minimum absolute atomic E-state index is 0.00724. The van der Waals surface area contributed by atoms with E-state index in [4.69, 9.17) is 16.7 Å². The van der Waals surface area contributed by atoms with Crippen molar-refractivity contribution in [2.24, 2.45) is 5.14 Å². The number of benzene rings is 3. The van der Waals surface area contributed by atoms with Crippen LogP contribution in [0.4, 0.5) is 0 Å². The van der Waals surface area contributed by atoms with Crippen LogP contribution in [0.2, 0.25) is 5.02 Å². The highest BCUT2D eigenvalue weighted by Gasteiger charge is 2.17. The van der Waals surface area contributed by atoms with Crippen molar-refractivity contribution in [2.75, 3.05) is 0 Å². The second-order valence-electron chi connectivity index (χ2n) is 7.26. The molecule has 31 heavy (non-hydrogen) atoms. The van der Waals surface area contributed by atoms with Crippen LogP contribution in [0.5, 0.6) is 0 Å². The van der Waals surface area contributed by atoms with Gasteiger partial charge in [-0.2, -0.15) is 0 Å². The highest BCUT2D eigenvalue weighted by Crippen LogP contribution is 2.35. The molecule has 1 heterocycles. The second-order valence-corrected chi connectivity index (χ2v) is 9.26. The van der Waals surface area contributed by atoms with Crippen molar-refractivity contribution in [3.8, 4) is 28.1 Å². The fourth-order valence-electron chi connectivity index (χ4n) is 3.64. The van der Waals surface area contributed by atoms with Crippen molar-refractivity contribution in [2.45, 2.75) is 18.4 Å². The molecule has 4 aromatic rings.